The van der Waals surface area contributed by atoms with Crippen LogP contribution < -0.4 is 15.6 Å². The normalized spacial score (nSPS) is 10.9. The van der Waals surface area contributed by atoms with Gasteiger partial charge in [0, 0.05) is 35.5 Å². The average molecular weight is 425 g/mol. The van der Waals surface area contributed by atoms with E-state index in [0.29, 0.717) is 28.2 Å². The van der Waals surface area contributed by atoms with Crippen molar-refractivity contribution in [2.75, 3.05) is 5.32 Å². The molecule has 4 aromatic rings. The lowest BCUT2D eigenvalue weighted by atomic mass is 10.2. The second-order valence-electron chi connectivity index (χ2n) is 6.32. The highest BCUT2D eigenvalue weighted by Gasteiger charge is 2.12. The molecule has 11 heteroatoms. The summed E-state index contributed by atoms with van der Waals surface area (Å²) < 4.78 is 31.1. The Bertz CT molecular complexity index is 1330. The monoisotopic (exact) mass is 425 g/mol. The second-order valence-corrected chi connectivity index (χ2v) is 6.32. The van der Waals surface area contributed by atoms with E-state index >= 15 is 0 Å². The molecule has 156 valence electrons. The Morgan fingerprint density at radius 1 is 1.03 bits per heavy atom. The zero-order valence-electron chi connectivity index (χ0n) is 15.6. The predicted octanol–water partition coefficient (Wildman–Crippen LogP) is 4.63. The molecule has 0 bridgehead atoms. The molecular formula is C20H13F2N5O4. The summed E-state index contributed by atoms with van der Waals surface area (Å²) in [6.07, 6.45) is 2.30. The highest BCUT2D eigenvalue weighted by Crippen LogP contribution is 2.28. The summed E-state index contributed by atoms with van der Waals surface area (Å²) in [7, 11) is 0. The molecule has 4 rings (SSSR count). The van der Waals surface area contributed by atoms with Crippen molar-refractivity contribution in [2.24, 2.45) is 0 Å². The fourth-order valence-corrected chi connectivity index (χ4v) is 2.83. The first-order valence-corrected chi connectivity index (χ1v) is 8.85. The third-order valence-electron chi connectivity index (χ3n) is 4.31. The maximum absolute atomic E-state index is 12.6. The number of pyridine rings is 1. The largest absolute Gasteiger partial charge is 0.457 e. The van der Waals surface area contributed by atoms with Gasteiger partial charge in [-0.1, -0.05) is 0 Å². The summed E-state index contributed by atoms with van der Waals surface area (Å²) in [4.78, 5) is 30.4. The Labute approximate surface area is 172 Å². The van der Waals surface area contributed by atoms with E-state index < -0.39 is 17.0 Å². The van der Waals surface area contributed by atoms with Gasteiger partial charge in [-0.2, -0.15) is 8.78 Å². The van der Waals surface area contributed by atoms with Crippen molar-refractivity contribution in [3.05, 3.63) is 87.6 Å². The van der Waals surface area contributed by atoms with Gasteiger partial charge in [0.1, 0.15) is 23.6 Å². The second kappa shape index (κ2) is 8.14. The molecule has 0 amide bonds. The summed E-state index contributed by atoms with van der Waals surface area (Å²) in [6, 6.07) is 13.1. The van der Waals surface area contributed by atoms with Gasteiger partial charge in [0.05, 0.1) is 10.4 Å². The summed E-state index contributed by atoms with van der Waals surface area (Å²) in [5, 5.41) is 14.6. The molecule has 1 N–H and O–H groups in total. The van der Waals surface area contributed by atoms with Crippen molar-refractivity contribution in [3.63, 3.8) is 0 Å². The molecule has 0 aliphatic rings. The zero-order chi connectivity index (χ0) is 22.0. The Hall–Kier alpha value is -4.41. The number of aromatic nitrogens is 3. The van der Waals surface area contributed by atoms with Crippen LogP contribution in [0.15, 0.2) is 71.9 Å². The molecule has 2 aromatic carbocycles. The van der Waals surface area contributed by atoms with Crippen LogP contribution >= 0.6 is 0 Å². The van der Waals surface area contributed by atoms with Crippen LogP contribution in [0.1, 0.15) is 6.55 Å². The Morgan fingerprint density at radius 3 is 2.48 bits per heavy atom. The van der Waals surface area contributed by atoms with Crippen LogP contribution in [0.2, 0.25) is 0 Å². The lowest BCUT2D eigenvalue weighted by Crippen LogP contribution is -2.18. The minimum absolute atomic E-state index is 0.0807. The first-order chi connectivity index (χ1) is 14.9. The number of halogens is 2. The van der Waals surface area contributed by atoms with Gasteiger partial charge >= 0.3 is 6.55 Å². The summed E-state index contributed by atoms with van der Waals surface area (Å²) in [5.41, 5.74) is 0.201. The number of alkyl halides is 2. The number of non-ortho nitro benzene ring substituents is 1. The number of nitro benzene ring substituents is 1. The van der Waals surface area contributed by atoms with Crippen molar-refractivity contribution in [1.82, 2.24) is 14.5 Å². The lowest BCUT2D eigenvalue weighted by molar-refractivity contribution is -0.384. The highest BCUT2D eigenvalue weighted by atomic mass is 19.3. The summed E-state index contributed by atoms with van der Waals surface area (Å²) in [5.74, 6) is 0.887. The van der Waals surface area contributed by atoms with E-state index in [1.54, 1.807) is 30.3 Å². The third kappa shape index (κ3) is 4.29. The van der Waals surface area contributed by atoms with Crippen molar-refractivity contribution in [1.29, 1.82) is 0 Å². The predicted molar refractivity (Wildman–Crippen MR) is 108 cm³/mol. The van der Waals surface area contributed by atoms with Gasteiger partial charge in [-0.25, -0.2) is 9.97 Å². The molecule has 0 atom stereocenters. The van der Waals surface area contributed by atoms with Crippen molar-refractivity contribution < 1.29 is 18.4 Å². The number of hydrogen-bond donors (Lipinski definition) is 1. The number of fused-ring (bicyclic) bond motifs is 1. The number of nitrogens with one attached hydrogen (secondary N) is 1. The van der Waals surface area contributed by atoms with E-state index in [-0.39, 0.29) is 16.0 Å². The molecule has 0 unspecified atom stereocenters. The summed E-state index contributed by atoms with van der Waals surface area (Å²) in [6.45, 7) is -2.92. The fraction of sp³-hybridized carbons (Fsp3) is 0.0500. The Morgan fingerprint density at radius 2 is 1.81 bits per heavy atom. The Kier molecular flexibility index (Phi) is 5.22. The first kappa shape index (κ1) is 19.9. The maximum atomic E-state index is 12.6. The molecular weight excluding hydrogens is 412 g/mol. The highest BCUT2D eigenvalue weighted by molar-refractivity contribution is 5.92. The average Bonchev–Trinajstić information content (AvgIpc) is 2.75. The van der Waals surface area contributed by atoms with Crippen molar-refractivity contribution in [2.45, 2.75) is 6.55 Å². The number of ether oxygens (including phenoxy) is 1. The zero-order valence-corrected chi connectivity index (χ0v) is 15.6. The first-order valence-electron chi connectivity index (χ1n) is 8.85. The molecule has 0 spiro atoms. The van der Waals surface area contributed by atoms with E-state index in [1.165, 1.54) is 24.5 Å². The molecule has 0 aliphatic heterocycles. The van der Waals surface area contributed by atoms with E-state index in [4.69, 9.17) is 4.74 Å². The topological polar surface area (TPSA) is 112 Å². The number of nitrogens with zero attached hydrogens (tertiary/aromatic N) is 4. The smallest absolute Gasteiger partial charge is 0.321 e. The molecule has 0 fully saturated rings. The van der Waals surface area contributed by atoms with Gasteiger partial charge in [0.25, 0.3) is 11.2 Å². The molecule has 0 aliphatic carbocycles. The van der Waals surface area contributed by atoms with E-state index in [0.717, 1.165) is 12.3 Å². The molecule has 0 saturated carbocycles. The number of benzene rings is 2. The summed E-state index contributed by atoms with van der Waals surface area (Å²) >= 11 is 0. The molecule has 2 aromatic heterocycles. The third-order valence-corrected chi connectivity index (χ3v) is 4.31. The molecule has 0 radical (unpaired) electrons. The Balaban J connectivity index is 1.54. The van der Waals surface area contributed by atoms with Crippen LogP contribution in [0.5, 0.6) is 11.5 Å². The van der Waals surface area contributed by atoms with Crippen LogP contribution in [0.25, 0.3) is 10.9 Å². The minimum atomic E-state index is -2.92. The number of rotatable bonds is 6. The van der Waals surface area contributed by atoms with Crippen LogP contribution in [0, 0.1) is 10.1 Å². The van der Waals surface area contributed by atoms with Crippen molar-refractivity contribution in [3.8, 4) is 11.5 Å². The quantitative estimate of drug-likeness (QED) is 0.354. The number of hydrogen-bond acceptors (Lipinski definition) is 7. The van der Waals surface area contributed by atoms with Crippen LogP contribution in [0.4, 0.5) is 26.0 Å². The molecule has 31 heavy (non-hydrogen) atoms. The van der Waals surface area contributed by atoms with Crippen LogP contribution in [-0.2, 0) is 0 Å². The molecule has 2 heterocycles. The number of anilines is 2. The fourth-order valence-electron chi connectivity index (χ4n) is 2.83. The molecule has 0 saturated heterocycles. The van der Waals surface area contributed by atoms with Gasteiger partial charge in [-0.15, -0.1) is 0 Å². The minimum Gasteiger partial charge on any atom is -0.457 e. The van der Waals surface area contributed by atoms with Crippen LogP contribution in [-0.4, -0.2) is 19.5 Å². The maximum Gasteiger partial charge on any atom is 0.321 e. The number of nitro groups is 1. The van der Waals surface area contributed by atoms with Gasteiger partial charge < -0.3 is 10.1 Å². The lowest BCUT2D eigenvalue weighted by Gasteiger charge is -2.10. The van der Waals surface area contributed by atoms with Crippen LogP contribution in [0.3, 0.4) is 0 Å². The molecule has 9 nitrogen and oxygen atoms in total. The van der Waals surface area contributed by atoms with E-state index in [2.05, 4.69) is 15.3 Å². The van der Waals surface area contributed by atoms with Gasteiger partial charge in [0.2, 0.25) is 0 Å². The van der Waals surface area contributed by atoms with Gasteiger partial charge in [-0.3, -0.25) is 19.5 Å². The SMILES string of the molecule is O=c1cc(Oc2ccc(Nc3ncnc4ccc([N+](=O)[O-])cc34)cc2)ccn1C(F)F. The standard InChI is InChI=1S/C20H13F2N5O4/c21-20(22)26-8-7-15(10-18(26)28)31-14-4-1-12(2-5-14)25-19-16-9-13(27(29)30)3-6-17(16)23-11-24-19/h1-11,20H,(H,23,24,25). The van der Waals surface area contributed by atoms with Gasteiger partial charge in [-0.05, 0) is 36.4 Å². The van der Waals surface area contributed by atoms with Gasteiger partial charge in [0.15, 0.2) is 0 Å². The van der Waals surface area contributed by atoms with Crippen molar-refractivity contribution >= 4 is 28.1 Å². The van der Waals surface area contributed by atoms with E-state index in [1.807, 2.05) is 0 Å². The van der Waals surface area contributed by atoms with E-state index in [9.17, 15) is 23.7 Å².